The summed E-state index contributed by atoms with van der Waals surface area (Å²) >= 11 is 5.01. The molecule has 20 heavy (non-hydrogen) atoms. The van der Waals surface area contributed by atoms with Crippen LogP contribution in [0.2, 0.25) is 0 Å². The quantitative estimate of drug-likeness (QED) is 0.775. The van der Waals surface area contributed by atoms with Crippen molar-refractivity contribution in [1.82, 2.24) is 0 Å². The molecular weight excluding hydrogens is 338 g/mol. The molecule has 0 amide bonds. The molecule has 0 saturated carbocycles. The van der Waals surface area contributed by atoms with Crippen molar-refractivity contribution in [1.29, 1.82) is 5.26 Å². The van der Waals surface area contributed by atoms with Crippen molar-refractivity contribution >= 4 is 33.0 Å². The SMILES string of the molecule is N#CC1=C(N)Oc2cc(N)ccc2[C@H]1c1cc(Br)cs1. The molecule has 0 aliphatic carbocycles. The molecule has 0 saturated heterocycles. The molecule has 3 rings (SSSR count). The second-order valence-corrected chi connectivity index (χ2v) is 6.25. The van der Waals surface area contributed by atoms with Crippen molar-refractivity contribution in [3.8, 4) is 11.8 Å². The van der Waals surface area contributed by atoms with Gasteiger partial charge < -0.3 is 16.2 Å². The van der Waals surface area contributed by atoms with Crippen LogP contribution in [0.3, 0.4) is 0 Å². The molecule has 2 heterocycles. The molecule has 1 aromatic heterocycles. The van der Waals surface area contributed by atoms with E-state index >= 15 is 0 Å². The van der Waals surface area contributed by atoms with E-state index in [9.17, 15) is 5.26 Å². The highest BCUT2D eigenvalue weighted by Gasteiger charge is 2.31. The van der Waals surface area contributed by atoms with Crippen LogP contribution in [0.25, 0.3) is 0 Å². The third kappa shape index (κ3) is 2.05. The Morgan fingerprint density at radius 2 is 2.10 bits per heavy atom. The maximum absolute atomic E-state index is 9.38. The largest absolute Gasteiger partial charge is 0.440 e. The lowest BCUT2D eigenvalue weighted by Crippen LogP contribution is -2.20. The zero-order valence-electron chi connectivity index (χ0n) is 10.3. The minimum Gasteiger partial charge on any atom is -0.440 e. The Balaban J connectivity index is 2.22. The van der Waals surface area contributed by atoms with E-state index in [2.05, 4.69) is 22.0 Å². The maximum atomic E-state index is 9.38. The fraction of sp³-hybridized carbons (Fsp3) is 0.0714. The predicted octanol–water partition coefficient (Wildman–Crippen LogP) is 3.31. The first-order chi connectivity index (χ1) is 9.60. The third-order valence-corrected chi connectivity index (χ3v) is 4.87. The molecule has 4 N–H and O–H groups in total. The van der Waals surface area contributed by atoms with Crippen LogP contribution in [0.15, 0.2) is 45.6 Å². The smallest absolute Gasteiger partial charge is 0.205 e. The second-order valence-electron chi connectivity index (χ2n) is 4.39. The fourth-order valence-corrected chi connectivity index (χ4v) is 3.81. The van der Waals surface area contributed by atoms with Gasteiger partial charge in [0.1, 0.15) is 17.4 Å². The number of hydrogen-bond acceptors (Lipinski definition) is 5. The number of benzene rings is 1. The molecule has 4 nitrogen and oxygen atoms in total. The number of thiophene rings is 1. The van der Waals surface area contributed by atoms with Gasteiger partial charge >= 0.3 is 0 Å². The number of rotatable bonds is 1. The number of nitrogens with zero attached hydrogens (tertiary/aromatic N) is 1. The number of ether oxygens (including phenoxy) is 1. The van der Waals surface area contributed by atoms with Gasteiger partial charge in [0.25, 0.3) is 0 Å². The summed E-state index contributed by atoms with van der Waals surface area (Å²) in [6, 6.07) is 9.56. The average Bonchev–Trinajstić information content (AvgIpc) is 2.83. The Hall–Kier alpha value is -1.97. The number of nitrogen functional groups attached to an aromatic ring is 1. The van der Waals surface area contributed by atoms with E-state index in [0.717, 1.165) is 14.9 Å². The molecule has 0 spiro atoms. The van der Waals surface area contributed by atoms with Crippen LogP contribution in [0.4, 0.5) is 5.69 Å². The number of allylic oxidation sites excluding steroid dienone is 1. The molecule has 0 fully saturated rings. The molecule has 0 bridgehead atoms. The van der Waals surface area contributed by atoms with E-state index in [0.29, 0.717) is 17.0 Å². The van der Waals surface area contributed by atoms with Gasteiger partial charge in [0.15, 0.2) is 0 Å². The van der Waals surface area contributed by atoms with Crippen molar-refractivity contribution in [2.24, 2.45) is 5.73 Å². The lowest BCUT2D eigenvalue weighted by molar-refractivity contribution is 0.394. The molecular formula is C14H10BrN3OS. The van der Waals surface area contributed by atoms with Crippen molar-refractivity contribution in [2.45, 2.75) is 5.92 Å². The Labute approximate surface area is 128 Å². The summed E-state index contributed by atoms with van der Waals surface area (Å²) in [4.78, 5) is 1.03. The highest BCUT2D eigenvalue weighted by atomic mass is 79.9. The predicted molar refractivity (Wildman–Crippen MR) is 82.2 cm³/mol. The minimum atomic E-state index is -0.208. The summed E-state index contributed by atoms with van der Waals surface area (Å²) in [5, 5.41) is 11.4. The lowest BCUT2D eigenvalue weighted by Gasteiger charge is -2.25. The first kappa shape index (κ1) is 13.0. The topological polar surface area (TPSA) is 85.1 Å². The van der Waals surface area contributed by atoms with Crippen molar-refractivity contribution in [3.05, 3.63) is 56.0 Å². The van der Waals surface area contributed by atoms with Crippen LogP contribution in [-0.2, 0) is 0 Å². The summed E-state index contributed by atoms with van der Waals surface area (Å²) in [7, 11) is 0. The zero-order chi connectivity index (χ0) is 14.3. The first-order valence-electron chi connectivity index (χ1n) is 5.81. The summed E-state index contributed by atoms with van der Waals surface area (Å²) < 4.78 is 6.51. The van der Waals surface area contributed by atoms with Crippen LogP contribution in [0, 0.1) is 11.3 Å². The van der Waals surface area contributed by atoms with Crippen molar-refractivity contribution in [3.63, 3.8) is 0 Å². The van der Waals surface area contributed by atoms with Gasteiger partial charge in [-0.25, -0.2) is 0 Å². The van der Waals surface area contributed by atoms with Crippen LogP contribution in [0.5, 0.6) is 5.75 Å². The summed E-state index contributed by atoms with van der Waals surface area (Å²) in [5.74, 6) is 0.539. The number of nitriles is 1. The van der Waals surface area contributed by atoms with E-state index in [1.165, 1.54) is 0 Å². The van der Waals surface area contributed by atoms with Gasteiger partial charge in [-0.1, -0.05) is 6.07 Å². The van der Waals surface area contributed by atoms with Crippen LogP contribution < -0.4 is 16.2 Å². The Bertz CT molecular complexity index is 760. The van der Waals surface area contributed by atoms with Crippen LogP contribution in [0.1, 0.15) is 16.4 Å². The highest BCUT2D eigenvalue weighted by Crippen LogP contribution is 2.44. The van der Waals surface area contributed by atoms with E-state index in [1.807, 2.05) is 17.5 Å². The first-order valence-corrected chi connectivity index (χ1v) is 7.48. The number of hydrogen-bond donors (Lipinski definition) is 2. The van der Waals surface area contributed by atoms with Crippen molar-refractivity contribution < 1.29 is 4.74 Å². The van der Waals surface area contributed by atoms with Gasteiger partial charge in [-0.2, -0.15) is 5.26 Å². The monoisotopic (exact) mass is 347 g/mol. The fourth-order valence-electron chi connectivity index (χ4n) is 2.24. The molecule has 1 aromatic carbocycles. The number of nitrogens with two attached hydrogens (primary N) is 2. The van der Waals surface area contributed by atoms with E-state index in [-0.39, 0.29) is 11.8 Å². The maximum Gasteiger partial charge on any atom is 0.205 e. The summed E-state index contributed by atoms with van der Waals surface area (Å²) in [6.45, 7) is 0. The highest BCUT2D eigenvalue weighted by molar-refractivity contribution is 9.10. The Morgan fingerprint density at radius 1 is 1.30 bits per heavy atom. The van der Waals surface area contributed by atoms with Crippen molar-refractivity contribution in [2.75, 3.05) is 5.73 Å². The van der Waals surface area contributed by atoms with Gasteiger partial charge in [0, 0.05) is 32.0 Å². The van der Waals surface area contributed by atoms with Crippen LogP contribution in [-0.4, -0.2) is 0 Å². The molecule has 1 aliphatic heterocycles. The van der Waals surface area contributed by atoms with E-state index in [4.69, 9.17) is 16.2 Å². The van der Waals surface area contributed by atoms with Crippen LogP contribution >= 0.6 is 27.3 Å². The van der Waals surface area contributed by atoms with Gasteiger partial charge in [-0.3, -0.25) is 0 Å². The molecule has 100 valence electrons. The number of fused-ring (bicyclic) bond motifs is 1. The average molecular weight is 348 g/mol. The molecule has 1 aliphatic rings. The number of halogens is 1. The van der Waals surface area contributed by atoms with Gasteiger partial charge in [-0.15, -0.1) is 11.3 Å². The third-order valence-electron chi connectivity index (χ3n) is 3.12. The lowest BCUT2D eigenvalue weighted by atomic mass is 9.88. The zero-order valence-corrected chi connectivity index (χ0v) is 12.7. The van der Waals surface area contributed by atoms with E-state index < -0.39 is 0 Å². The minimum absolute atomic E-state index is 0.139. The van der Waals surface area contributed by atoms with Gasteiger partial charge in [0.2, 0.25) is 5.88 Å². The molecule has 0 unspecified atom stereocenters. The van der Waals surface area contributed by atoms with E-state index in [1.54, 1.807) is 23.5 Å². The number of anilines is 1. The Kier molecular flexibility index (Phi) is 3.16. The Morgan fingerprint density at radius 3 is 2.75 bits per heavy atom. The van der Waals surface area contributed by atoms with Gasteiger partial charge in [-0.05, 0) is 28.1 Å². The molecule has 6 heteroatoms. The summed E-state index contributed by atoms with van der Waals surface area (Å²) in [6.07, 6.45) is 0. The van der Waals surface area contributed by atoms with Gasteiger partial charge in [0.05, 0.1) is 5.92 Å². The normalized spacial score (nSPS) is 17.3. The second kappa shape index (κ2) is 4.85. The molecule has 0 radical (unpaired) electrons. The molecule has 2 aromatic rings. The standard InChI is InChI=1S/C14H10BrN3OS/c15-7-3-12(20-6-7)13-9-2-1-8(17)4-11(9)19-14(18)10(13)5-16/h1-4,6,13H,17-18H2/t13-/m1/s1. The molecule has 1 atom stereocenters. The summed E-state index contributed by atoms with van der Waals surface area (Å²) in [5.41, 5.74) is 13.6.